The number of rotatable bonds is 5. The molecule has 0 saturated heterocycles. The lowest BCUT2D eigenvalue weighted by Gasteiger charge is -2.18. The summed E-state index contributed by atoms with van der Waals surface area (Å²) in [6.45, 7) is 0.931. The van der Waals surface area contributed by atoms with E-state index in [2.05, 4.69) is 5.32 Å². The van der Waals surface area contributed by atoms with Gasteiger partial charge in [-0.25, -0.2) is 9.59 Å². The van der Waals surface area contributed by atoms with Crippen molar-refractivity contribution in [3.8, 4) is 0 Å². The molecular formula is C15H16N2O3S. The van der Waals surface area contributed by atoms with Crippen LogP contribution in [0.25, 0.3) is 0 Å². The first kappa shape index (κ1) is 15.1. The van der Waals surface area contributed by atoms with Crippen molar-refractivity contribution in [3.05, 3.63) is 57.8 Å². The zero-order valence-corrected chi connectivity index (χ0v) is 12.4. The molecule has 0 aliphatic heterocycles. The van der Waals surface area contributed by atoms with Crippen LogP contribution >= 0.6 is 11.3 Å². The monoisotopic (exact) mass is 304 g/mol. The summed E-state index contributed by atoms with van der Waals surface area (Å²) >= 11 is 1.59. The largest absolute Gasteiger partial charge is 0.478 e. The van der Waals surface area contributed by atoms with E-state index >= 15 is 0 Å². The molecule has 5 nitrogen and oxygen atoms in total. The van der Waals surface area contributed by atoms with Gasteiger partial charge < -0.3 is 15.3 Å². The molecule has 2 amide bonds. The van der Waals surface area contributed by atoms with Crippen LogP contribution in [0.5, 0.6) is 0 Å². The summed E-state index contributed by atoms with van der Waals surface area (Å²) in [5.74, 6) is -0.955. The Hall–Kier alpha value is -2.34. The van der Waals surface area contributed by atoms with Gasteiger partial charge in [0.2, 0.25) is 0 Å². The van der Waals surface area contributed by atoms with Gasteiger partial charge in [0.1, 0.15) is 0 Å². The minimum Gasteiger partial charge on any atom is -0.478 e. The molecule has 0 radical (unpaired) electrons. The summed E-state index contributed by atoms with van der Waals surface area (Å²) in [6.07, 6.45) is 0. The molecular weight excluding hydrogens is 288 g/mol. The van der Waals surface area contributed by atoms with Gasteiger partial charge in [-0.2, -0.15) is 11.3 Å². The Morgan fingerprint density at radius 1 is 1.19 bits per heavy atom. The number of hydrogen-bond acceptors (Lipinski definition) is 3. The van der Waals surface area contributed by atoms with Gasteiger partial charge in [-0.05, 0) is 40.1 Å². The number of benzene rings is 1. The van der Waals surface area contributed by atoms with Gasteiger partial charge in [0.15, 0.2) is 0 Å². The fraction of sp³-hybridized carbons (Fsp3) is 0.200. The van der Waals surface area contributed by atoms with Gasteiger partial charge in [-0.15, -0.1) is 0 Å². The van der Waals surface area contributed by atoms with E-state index in [1.807, 2.05) is 16.8 Å². The summed E-state index contributed by atoms with van der Waals surface area (Å²) in [6, 6.07) is 8.31. The van der Waals surface area contributed by atoms with Crippen molar-refractivity contribution in [1.82, 2.24) is 10.2 Å². The predicted octanol–water partition coefficient (Wildman–Crippen LogP) is 2.79. The Bertz CT molecular complexity index is 608. The molecule has 0 unspecified atom stereocenters. The van der Waals surface area contributed by atoms with Gasteiger partial charge >= 0.3 is 12.0 Å². The lowest BCUT2D eigenvalue weighted by Crippen LogP contribution is -2.36. The highest BCUT2D eigenvalue weighted by Crippen LogP contribution is 2.08. The molecule has 0 atom stereocenters. The lowest BCUT2D eigenvalue weighted by molar-refractivity contribution is 0.0697. The average molecular weight is 304 g/mol. The molecule has 0 fully saturated rings. The molecule has 0 spiro atoms. The Morgan fingerprint density at radius 2 is 1.90 bits per heavy atom. The number of carbonyl (C=O) groups excluding carboxylic acids is 1. The average Bonchev–Trinajstić information content (AvgIpc) is 2.98. The van der Waals surface area contributed by atoms with Crippen molar-refractivity contribution in [2.45, 2.75) is 13.1 Å². The molecule has 0 saturated carbocycles. The number of urea groups is 1. The van der Waals surface area contributed by atoms with E-state index in [0.29, 0.717) is 13.1 Å². The van der Waals surface area contributed by atoms with Gasteiger partial charge in [0.25, 0.3) is 0 Å². The maximum Gasteiger partial charge on any atom is 0.335 e. The van der Waals surface area contributed by atoms with Gasteiger partial charge in [0.05, 0.1) is 5.56 Å². The number of amides is 2. The highest BCUT2D eigenvalue weighted by molar-refractivity contribution is 7.07. The van der Waals surface area contributed by atoms with Crippen LogP contribution in [0.4, 0.5) is 4.79 Å². The second kappa shape index (κ2) is 6.90. The Balaban J connectivity index is 1.86. The third kappa shape index (κ3) is 4.32. The second-order valence-electron chi connectivity index (χ2n) is 4.65. The van der Waals surface area contributed by atoms with Crippen LogP contribution in [-0.2, 0) is 13.1 Å². The van der Waals surface area contributed by atoms with Crippen molar-refractivity contribution >= 4 is 23.3 Å². The number of carboxylic acid groups (broad SMARTS) is 1. The van der Waals surface area contributed by atoms with Crippen molar-refractivity contribution < 1.29 is 14.7 Å². The molecule has 0 aliphatic carbocycles. The smallest absolute Gasteiger partial charge is 0.335 e. The Labute approximate surface area is 126 Å². The predicted molar refractivity (Wildman–Crippen MR) is 81.4 cm³/mol. The highest BCUT2D eigenvalue weighted by atomic mass is 32.1. The Morgan fingerprint density at radius 3 is 2.48 bits per heavy atom. The summed E-state index contributed by atoms with van der Waals surface area (Å²) in [7, 11) is 1.70. The van der Waals surface area contributed by atoms with Crippen LogP contribution in [0, 0.1) is 0 Å². The van der Waals surface area contributed by atoms with Crippen molar-refractivity contribution in [2.75, 3.05) is 7.05 Å². The van der Waals surface area contributed by atoms with E-state index in [4.69, 9.17) is 5.11 Å². The molecule has 1 heterocycles. The molecule has 6 heteroatoms. The molecule has 0 bridgehead atoms. The van der Waals surface area contributed by atoms with Crippen molar-refractivity contribution in [3.63, 3.8) is 0 Å². The number of aromatic carboxylic acids is 1. The number of thiophene rings is 1. The van der Waals surface area contributed by atoms with Crippen LogP contribution in [0.1, 0.15) is 21.5 Å². The van der Waals surface area contributed by atoms with Crippen LogP contribution in [-0.4, -0.2) is 29.1 Å². The minimum atomic E-state index is -0.955. The summed E-state index contributed by atoms with van der Waals surface area (Å²) < 4.78 is 0. The second-order valence-corrected chi connectivity index (χ2v) is 5.43. The van der Waals surface area contributed by atoms with E-state index in [1.165, 1.54) is 12.1 Å². The van der Waals surface area contributed by atoms with Crippen LogP contribution < -0.4 is 5.32 Å². The van der Waals surface area contributed by atoms with E-state index in [0.717, 1.165) is 11.1 Å². The number of carboxylic acids is 1. The van der Waals surface area contributed by atoms with Crippen LogP contribution in [0.3, 0.4) is 0 Å². The Kier molecular flexibility index (Phi) is 4.94. The molecule has 110 valence electrons. The molecule has 0 aliphatic rings. The maximum absolute atomic E-state index is 11.9. The quantitative estimate of drug-likeness (QED) is 0.892. The minimum absolute atomic E-state index is 0.163. The fourth-order valence-electron chi connectivity index (χ4n) is 1.80. The first-order chi connectivity index (χ1) is 10.1. The SMILES string of the molecule is CN(Cc1ccc(C(=O)O)cc1)C(=O)NCc1ccsc1. The van der Waals surface area contributed by atoms with E-state index < -0.39 is 5.97 Å². The summed E-state index contributed by atoms with van der Waals surface area (Å²) in [5, 5.41) is 15.6. The third-order valence-corrected chi connectivity index (χ3v) is 3.72. The molecule has 2 rings (SSSR count). The molecule has 2 N–H and O–H groups in total. The zero-order valence-electron chi connectivity index (χ0n) is 11.6. The van der Waals surface area contributed by atoms with Crippen molar-refractivity contribution in [2.24, 2.45) is 0 Å². The summed E-state index contributed by atoms with van der Waals surface area (Å²) in [4.78, 5) is 24.3. The number of nitrogens with one attached hydrogen (secondary N) is 1. The number of carbonyl (C=O) groups is 2. The molecule has 21 heavy (non-hydrogen) atoms. The zero-order chi connectivity index (χ0) is 15.2. The third-order valence-electron chi connectivity index (χ3n) is 2.99. The van der Waals surface area contributed by atoms with E-state index in [-0.39, 0.29) is 11.6 Å². The standard InChI is InChI=1S/C15H16N2O3S/c1-17(15(20)16-8-12-6-7-21-10-12)9-11-2-4-13(5-3-11)14(18)19/h2-7,10H,8-9H2,1H3,(H,16,20)(H,18,19). The molecule has 1 aromatic carbocycles. The van der Waals surface area contributed by atoms with Crippen LogP contribution in [0.2, 0.25) is 0 Å². The first-order valence-electron chi connectivity index (χ1n) is 6.38. The number of nitrogens with zero attached hydrogens (tertiary/aromatic N) is 1. The molecule has 2 aromatic rings. The maximum atomic E-state index is 11.9. The lowest BCUT2D eigenvalue weighted by atomic mass is 10.1. The molecule has 1 aromatic heterocycles. The van der Waals surface area contributed by atoms with Gasteiger partial charge in [-0.1, -0.05) is 12.1 Å². The van der Waals surface area contributed by atoms with E-state index in [9.17, 15) is 9.59 Å². The van der Waals surface area contributed by atoms with Crippen LogP contribution in [0.15, 0.2) is 41.1 Å². The first-order valence-corrected chi connectivity index (χ1v) is 7.33. The number of hydrogen-bond donors (Lipinski definition) is 2. The van der Waals surface area contributed by atoms with Crippen molar-refractivity contribution in [1.29, 1.82) is 0 Å². The fourth-order valence-corrected chi connectivity index (χ4v) is 2.47. The van der Waals surface area contributed by atoms with Gasteiger partial charge in [-0.3, -0.25) is 0 Å². The van der Waals surface area contributed by atoms with E-state index in [1.54, 1.807) is 35.4 Å². The highest BCUT2D eigenvalue weighted by Gasteiger charge is 2.09. The van der Waals surface area contributed by atoms with Gasteiger partial charge in [0, 0.05) is 20.1 Å². The normalized spacial score (nSPS) is 10.1. The summed E-state index contributed by atoms with van der Waals surface area (Å²) in [5.41, 5.74) is 2.20. The topological polar surface area (TPSA) is 69.6 Å².